The van der Waals surface area contributed by atoms with E-state index in [1.165, 1.54) is 0 Å². The van der Waals surface area contributed by atoms with Crippen LogP contribution in [0.15, 0.2) is 12.3 Å². The Morgan fingerprint density at radius 3 is 2.93 bits per heavy atom. The third-order valence-electron chi connectivity index (χ3n) is 2.19. The molecule has 1 rings (SSSR count). The Hall–Kier alpha value is -0.870. The zero-order chi connectivity index (χ0) is 10.4. The maximum absolute atomic E-state index is 9.05. The molecule has 14 heavy (non-hydrogen) atoms. The van der Waals surface area contributed by atoms with Gasteiger partial charge >= 0.3 is 0 Å². The minimum Gasteiger partial charge on any atom is -0.395 e. The SMILES string of the molecule is CCNC(CO)CCn1ccc(C)n1. The molecule has 0 aromatic carbocycles. The second-order valence-corrected chi connectivity index (χ2v) is 3.45. The lowest BCUT2D eigenvalue weighted by atomic mass is 10.2. The van der Waals surface area contributed by atoms with Crippen LogP contribution in [-0.2, 0) is 6.54 Å². The number of hydrogen-bond donors (Lipinski definition) is 2. The van der Waals surface area contributed by atoms with E-state index in [0.717, 1.165) is 25.2 Å². The van der Waals surface area contributed by atoms with Crippen LogP contribution in [0, 0.1) is 6.92 Å². The van der Waals surface area contributed by atoms with E-state index >= 15 is 0 Å². The van der Waals surface area contributed by atoms with Crippen LogP contribution in [0.25, 0.3) is 0 Å². The quantitative estimate of drug-likeness (QED) is 0.700. The number of nitrogens with one attached hydrogen (secondary N) is 1. The topological polar surface area (TPSA) is 50.1 Å². The summed E-state index contributed by atoms with van der Waals surface area (Å²) in [5.41, 5.74) is 1.04. The maximum atomic E-state index is 9.05. The highest BCUT2D eigenvalue weighted by Crippen LogP contribution is 1.97. The monoisotopic (exact) mass is 197 g/mol. The summed E-state index contributed by atoms with van der Waals surface area (Å²) in [6, 6.07) is 2.17. The summed E-state index contributed by atoms with van der Waals surface area (Å²) in [5.74, 6) is 0. The molecule has 0 saturated heterocycles. The summed E-state index contributed by atoms with van der Waals surface area (Å²) in [5, 5.41) is 16.6. The first kappa shape index (κ1) is 11.2. The van der Waals surface area contributed by atoms with E-state index in [1.54, 1.807) is 0 Å². The molecule has 0 aliphatic rings. The molecule has 4 nitrogen and oxygen atoms in total. The molecule has 1 aromatic heterocycles. The van der Waals surface area contributed by atoms with Crippen molar-refractivity contribution in [1.82, 2.24) is 15.1 Å². The van der Waals surface area contributed by atoms with Gasteiger partial charge in [0.1, 0.15) is 0 Å². The van der Waals surface area contributed by atoms with E-state index in [0.29, 0.717) is 0 Å². The molecular formula is C10H19N3O. The van der Waals surface area contributed by atoms with Gasteiger partial charge in [0.05, 0.1) is 12.3 Å². The van der Waals surface area contributed by atoms with Crippen LogP contribution < -0.4 is 5.32 Å². The van der Waals surface area contributed by atoms with Crippen LogP contribution >= 0.6 is 0 Å². The lowest BCUT2D eigenvalue weighted by Gasteiger charge is -2.14. The van der Waals surface area contributed by atoms with Crippen molar-refractivity contribution in [2.24, 2.45) is 0 Å². The van der Waals surface area contributed by atoms with Crippen molar-refractivity contribution >= 4 is 0 Å². The Bertz CT molecular complexity index is 260. The molecule has 1 aromatic rings. The highest BCUT2D eigenvalue weighted by Gasteiger charge is 2.05. The van der Waals surface area contributed by atoms with E-state index in [1.807, 2.05) is 30.8 Å². The van der Waals surface area contributed by atoms with E-state index in [9.17, 15) is 0 Å². The van der Waals surface area contributed by atoms with E-state index in [-0.39, 0.29) is 12.6 Å². The van der Waals surface area contributed by atoms with E-state index in [4.69, 9.17) is 5.11 Å². The van der Waals surface area contributed by atoms with Gasteiger partial charge in [0, 0.05) is 18.8 Å². The van der Waals surface area contributed by atoms with Gasteiger partial charge in [-0.15, -0.1) is 0 Å². The van der Waals surface area contributed by atoms with E-state index < -0.39 is 0 Å². The lowest BCUT2D eigenvalue weighted by Crippen LogP contribution is -2.33. The fourth-order valence-electron chi connectivity index (χ4n) is 1.42. The number of aliphatic hydroxyl groups excluding tert-OH is 1. The van der Waals surface area contributed by atoms with Gasteiger partial charge in [0.2, 0.25) is 0 Å². The minimum absolute atomic E-state index is 0.185. The van der Waals surface area contributed by atoms with Crippen LogP contribution in [-0.4, -0.2) is 34.1 Å². The molecule has 4 heteroatoms. The van der Waals surface area contributed by atoms with Crippen LogP contribution in [0.3, 0.4) is 0 Å². The maximum Gasteiger partial charge on any atom is 0.0593 e. The second-order valence-electron chi connectivity index (χ2n) is 3.45. The molecule has 1 heterocycles. The molecule has 0 spiro atoms. The molecule has 0 bridgehead atoms. The molecule has 0 aliphatic carbocycles. The van der Waals surface area contributed by atoms with Crippen LogP contribution in [0.4, 0.5) is 0 Å². The van der Waals surface area contributed by atoms with Gasteiger partial charge in [-0.25, -0.2) is 0 Å². The number of likely N-dealkylation sites (N-methyl/N-ethyl adjacent to an activating group) is 1. The van der Waals surface area contributed by atoms with Crippen LogP contribution in [0.2, 0.25) is 0 Å². The first-order valence-electron chi connectivity index (χ1n) is 5.10. The number of aliphatic hydroxyl groups is 1. The Morgan fingerprint density at radius 1 is 1.64 bits per heavy atom. The van der Waals surface area contributed by atoms with Gasteiger partial charge < -0.3 is 10.4 Å². The van der Waals surface area contributed by atoms with Crippen molar-refractivity contribution in [3.63, 3.8) is 0 Å². The van der Waals surface area contributed by atoms with Gasteiger partial charge in [0.15, 0.2) is 0 Å². The van der Waals surface area contributed by atoms with Gasteiger partial charge in [-0.2, -0.15) is 5.10 Å². The molecular weight excluding hydrogens is 178 g/mol. The summed E-state index contributed by atoms with van der Waals surface area (Å²) in [6.45, 7) is 5.95. The van der Waals surface area contributed by atoms with Gasteiger partial charge in [-0.1, -0.05) is 6.92 Å². The molecule has 1 unspecified atom stereocenters. The Balaban J connectivity index is 2.31. The van der Waals surface area contributed by atoms with Crippen molar-refractivity contribution < 1.29 is 5.11 Å². The van der Waals surface area contributed by atoms with Crippen molar-refractivity contribution in [2.45, 2.75) is 32.9 Å². The largest absolute Gasteiger partial charge is 0.395 e. The highest BCUT2D eigenvalue weighted by atomic mass is 16.3. The minimum atomic E-state index is 0.185. The first-order valence-corrected chi connectivity index (χ1v) is 5.10. The first-order chi connectivity index (χ1) is 6.76. The fourth-order valence-corrected chi connectivity index (χ4v) is 1.42. The number of nitrogens with zero attached hydrogens (tertiary/aromatic N) is 2. The van der Waals surface area contributed by atoms with Crippen LogP contribution in [0.1, 0.15) is 19.0 Å². The zero-order valence-corrected chi connectivity index (χ0v) is 8.90. The van der Waals surface area contributed by atoms with E-state index in [2.05, 4.69) is 10.4 Å². The Morgan fingerprint density at radius 2 is 2.43 bits per heavy atom. The molecule has 0 saturated carbocycles. The molecule has 1 atom stereocenters. The normalized spacial score (nSPS) is 13.1. The smallest absolute Gasteiger partial charge is 0.0593 e. The highest BCUT2D eigenvalue weighted by molar-refractivity contribution is 4.94. The molecule has 0 amide bonds. The molecule has 2 N–H and O–H groups in total. The standard InChI is InChI=1S/C10H19N3O/c1-3-11-10(8-14)5-7-13-6-4-9(2)12-13/h4,6,10-11,14H,3,5,7-8H2,1-2H3. The number of aromatic nitrogens is 2. The Kier molecular flexibility index (Phi) is 4.62. The molecule has 80 valence electrons. The predicted octanol–water partition coefficient (Wildman–Crippen LogP) is 0.552. The number of aryl methyl sites for hydroxylation is 2. The molecule has 0 aliphatic heterocycles. The molecule has 0 radical (unpaired) electrons. The number of rotatable bonds is 6. The van der Waals surface area contributed by atoms with Crippen molar-refractivity contribution in [1.29, 1.82) is 0 Å². The average Bonchev–Trinajstić information content (AvgIpc) is 2.59. The van der Waals surface area contributed by atoms with Gasteiger partial charge in [-0.05, 0) is 26.0 Å². The summed E-state index contributed by atoms with van der Waals surface area (Å²) >= 11 is 0. The van der Waals surface area contributed by atoms with Crippen molar-refractivity contribution in [3.05, 3.63) is 18.0 Å². The van der Waals surface area contributed by atoms with Gasteiger partial charge in [-0.3, -0.25) is 4.68 Å². The third-order valence-corrected chi connectivity index (χ3v) is 2.19. The summed E-state index contributed by atoms with van der Waals surface area (Å²) in [4.78, 5) is 0. The summed E-state index contributed by atoms with van der Waals surface area (Å²) in [6.07, 6.45) is 2.88. The predicted molar refractivity (Wildman–Crippen MR) is 56.1 cm³/mol. The number of hydrogen-bond acceptors (Lipinski definition) is 3. The summed E-state index contributed by atoms with van der Waals surface area (Å²) < 4.78 is 1.91. The van der Waals surface area contributed by atoms with Crippen LogP contribution in [0.5, 0.6) is 0 Å². The molecule has 0 fully saturated rings. The Labute approximate surface area is 84.9 Å². The van der Waals surface area contributed by atoms with Gasteiger partial charge in [0.25, 0.3) is 0 Å². The summed E-state index contributed by atoms with van der Waals surface area (Å²) in [7, 11) is 0. The third kappa shape index (κ3) is 3.47. The van der Waals surface area contributed by atoms with Crippen molar-refractivity contribution in [3.8, 4) is 0 Å². The second kappa shape index (κ2) is 5.78. The zero-order valence-electron chi connectivity index (χ0n) is 8.90. The lowest BCUT2D eigenvalue weighted by molar-refractivity contribution is 0.232. The average molecular weight is 197 g/mol. The fraction of sp³-hybridized carbons (Fsp3) is 0.700. The van der Waals surface area contributed by atoms with Crippen molar-refractivity contribution in [2.75, 3.05) is 13.2 Å².